The van der Waals surface area contributed by atoms with E-state index in [0.717, 1.165) is 42.4 Å². The summed E-state index contributed by atoms with van der Waals surface area (Å²) < 4.78 is 0. The number of benzene rings is 3. The summed E-state index contributed by atoms with van der Waals surface area (Å²) in [6, 6.07) is 28.7. The zero-order valence-corrected chi connectivity index (χ0v) is 26.1. The van der Waals surface area contributed by atoms with E-state index in [2.05, 4.69) is 114 Å². The van der Waals surface area contributed by atoms with Gasteiger partial charge in [-0.1, -0.05) is 80.3 Å². The lowest BCUT2D eigenvalue weighted by molar-refractivity contribution is 0.599. The van der Waals surface area contributed by atoms with Gasteiger partial charge in [0.25, 0.3) is 0 Å². The second-order valence-electron chi connectivity index (χ2n) is 11.3. The van der Waals surface area contributed by atoms with Crippen LogP contribution in [0, 0.1) is 0 Å². The molecular weight excluding hydrogens is 534 g/mol. The summed E-state index contributed by atoms with van der Waals surface area (Å²) in [5.74, 6) is 0.433. The molecule has 1 aromatic heterocycles. The molecular formula is C41H41N3. The van der Waals surface area contributed by atoms with E-state index in [-0.39, 0.29) is 0 Å². The normalized spacial score (nSPS) is 15.8. The molecule has 4 aromatic rings. The molecule has 1 aliphatic carbocycles. The van der Waals surface area contributed by atoms with Crippen molar-refractivity contribution in [3.63, 3.8) is 0 Å². The molecule has 0 saturated heterocycles. The molecule has 0 bridgehead atoms. The Morgan fingerprint density at radius 2 is 1.61 bits per heavy atom. The van der Waals surface area contributed by atoms with Crippen molar-refractivity contribution < 1.29 is 0 Å². The van der Waals surface area contributed by atoms with E-state index < -0.39 is 0 Å². The van der Waals surface area contributed by atoms with Crippen LogP contribution in [0.2, 0.25) is 0 Å². The van der Waals surface area contributed by atoms with Crippen LogP contribution in [0.1, 0.15) is 56.6 Å². The van der Waals surface area contributed by atoms with E-state index in [9.17, 15) is 0 Å². The van der Waals surface area contributed by atoms with Crippen LogP contribution in [-0.4, -0.2) is 24.5 Å². The molecule has 3 aromatic carbocycles. The van der Waals surface area contributed by atoms with Gasteiger partial charge in [-0.25, -0.2) is 0 Å². The molecule has 44 heavy (non-hydrogen) atoms. The smallest absolute Gasteiger partial charge is 0.0346 e. The Hall–Kier alpha value is -4.89. The Labute approximate surface area is 262 Å². The highest BCUT2D eigenvalue weighted by molar-refractivity contribution is 5.83. The number of hydrogen-bond acceptors (Lipinski definition) is 3. The van der Waals surface area contributed by atoms with Gasteiger partial charge < -0.3 is 0 Å². The molecule has 0 saturated carbocycles. The average molecular weight is 576 g/mol. The predicted octanol–water partition coefficient (Wildman–Crippen LogP) is 10.9. The van der Waals surface area contributed by atoms with Gasteiger partial charge in [0.2, 0.25) is 0 Å². The third-order valence-electron chi connectivity index (χ3n) is 8.15. The van der Waals surface area contributed by atoms with E-state index in [0.29, 0.717) is 5.92 Å². The van der Waals surface area contributed by atoms with Gasteiger partial charge in [-0.05, 0) is 125 Å². The molecule has 1 aliphatic rings. The second kappa shape index (κ2) is 15.0. The summed E-state index contributed by atoms with van der Waals surface area (Å²) >= 11 is 0. The fourth-order valence-corrected chi connectivity index (χ4v) is 5.74. The van der Waals surface area contributed by atoms with Crippen molar-refractivity contribution >= 4 is 18.0 Å². The Morgan fingerprint density at radius 1 is 0.909 bits per heavy atom. The molecule has 1 heterocycles. The van der Waals surface area contributed by atoms with Crippen molar-refractivity contribution in [2.24, 2.45) is 9.98 Å². The van der Waals surface area contributed by atoms with Crippen molar-refractivity contribution in [3.8, 4) is 33.4 Å². The molecule has 220 valence electrons. The fraction of sp³-hybridized carbons (Fsp3) is 0.195. The molecule has 5 rings (SSSR count). The number of aromatic nitrogens is 1. The molecule has 0 fully saturated rings. The van der Waals surface area contributed by atoms with Crippen LogP contribution in [-0.2, 0) is 0 Å². The number of allylic oxidation sites excluding steroid dienone is 6. The Bertz CT molecular complexity index is 1750. The molecule has 0 aliphatic heterocycles. The predicted molar refractivity (Wildman–Crippen MR) is 190 cm³/mol. The molecule has 3 nitrogen and oxygen atoms in total. The van der Waals surface area contributed by atoms with Gasteiger partial charge in [0.05, 0.1) is 0 Å². The van der Waals surface area contributed by atoms with Gasteiger partial charge >= 0.3 is 0 Å². The second-order valence-corrected chi connectivity index (χ2v) is 11.3. The molecule has 1 atom stereocenters. The SMILES string of the molecule is C=C(/C=C\C=NC)c1cccc(-c2cc(-c3cccc(-c4cccnc4)c3)cc(C3CCC=C(/C(C)=C/N=CCC)C3)c2)c1. The Kier molecular flexibility index (Phi) is 10.4. The first-order valence-electron chi connectivity index (χ1n) is 15.5. The molecule has 0 spiro atoms. The highest BCUT2D eigenvalue weighted by Crippen LogP contribution is 2.40. The topological polar surface area (TPSA) is 37.6 Å². The number of nitrogens with zero attached hydrogens (tertiary/aromatic N) is 3. The van der Waals surface area contributed by atoms with Gasteiger partial charge in [-0.2, -0.15) is 0 Å². The summed E-state index contributed by atoms with van der Waals surface area (Å²) in [6.45, 7) is 8.60. The maximum absolute atomic E-state index is 4.50. The van der Waals surface area contributed by atoms with Crippen LogP contribution in [0.3, 0.4) is 0 Å². The number of rotatable bonds is 10. The maximum Gasteiger partial charge on any atom is 0.0346 e. The third-order valence-corrected chi connectivity index (χ3v) is 8.15. The van der Waals surface area contributed by atoms with Crippen LogP contribution in [0.5, 0.6) is 0 Å². The van der Waals surface area contributed by atoms with Gasteiger partial charge in [0.15, 0.2) is 0 Å². The molecule has 0 amide bonds. The van der Waals surface area contributed by atoms with Crippen LogP contribution >= 0.6 is 0 Å². The number of aliphatic imine (C=N–C) groups is 2. The molecule has 0 N–H and O–H groups in total. The zero-order chi connectivity index (χ0) is 30.7. The Morgan fingerprint density at radius 3 is 2.34 bits per heavy atom. The summed E-state index contributed by atoms with van der Waals surface area (Å²) in [4.78, 5) is 12.9. The first-order valence-corrected chi connectivity index (χ1v) is 15.5. The van der Waals surface area contributed by atoms with E-state index in [4.69, 9.17) is 0 Å². The third kappa shape index (κ3) is 7.73. The minimum Gasteiger partial charge on any atom is -0.297 e. The highest BCUT2D eigenvalue weighted by Gasteiger charge is 2.20. The lowest BCUT2D eigenvalue weighted by atomic mass is 9.80. The van der Waals surface area contributed by atoms with Gasteiger partial charge in [0, 0.05) is 43.6 Å². The van der Waals surface area contributed by atoms with Crippen molar-refractivity contribution in [1.29, 1.82) is 0 Å². The van der Waals surface area contributed by atoms with Gasteiger partial charge in [0.1, 0.15) is 0 Å². The average Bonchev–Trinajstić information content (AvgIpc) is 3.09. The van der Waals surface area contributed by atoms with Crippen molar-refractivity contribution in [2.75, 3.05) is 7.05 Å². The summed E-state index contributed by atoms with van der Waals surface area (Å²) in [6.07, 6.45) is 20.0. The number of hydrogen-bond donors (Lipinski definition) is 0. The van der Waals surface area contributed by atoms with E-state index >= 15 is 0 Å². The van der Waals surface area contributed by atoms with Gasteiger partial charge in [-0.3, -0.25) is 15.0 Å². The van der Waals surface area contributed by atoms with Crippen molar-refractivity contribution in [3.05, 3.63) is 145 Å². The summed E-state index contributed by atoms with van der Waals surface area (Å²) in [5, 5.41) is 0. The van der Waals surface area contributed by atoms with Crippen LogP contribution in [0.4, 0.5) is 0 Å². The maximum atomic E-state index is 4.50. The quantitative estimate of drug-likeness (QED) is 0.137. The first-order chi connectivity index (χ1) is 21.6. The minimum absolute atomic E-state index is 0.433. The van der Waals surface area contributed by atoms with Crippen LogP contribution in [0.25, 0.3) is 39.0 Å². The van der Waals surface area contributed by atoms with Gasteiger partial charge in [-0.15, -0.1) is 0 Å². The van der Waals surface area contributed by atoms with E-state index in [1.54, 1.807) is 13.3 Å². The number of pyridine rings is 1. The zero-order valence-electron chi connectivity index (χ0n) is 26.1. The fourth-order valence-electron chi connectivity index (χ4n) is 5.74. The van der Waals surface area contributed by atoms with Crippen LogP contribution < -0.4 is 0 Å². The van der Waals surface area contributed by atoms with Crippen molar-refractivity contribution in [2.45, 2.75) is 45.4 Å². The largest absolute Gasteiger partial charge is 0.297 e. The standard InChI is InChI=1S/C41H41N3/c1-5-19-43-28-31(3)33-13-7-16-36(23-33)40-25-39(35-15-6-12-32(22-35)30(2)11-9-20-42-4)26-41(27-40)37-17-8-14-34(24-37)38-18-10-21-44-29-38/h6,8-15,17-22,24-29,36H,2,5,7,16,23H2,1,3-4H3/b11-9-,31-28+,42-20?,43-19?. The Balaban J connectivity index is 1.57. The van der Waals surface area contributed by atoms with E-state index in [1.165, 1.54) is 44.5 Å². The lowest BCUT2D eigenvalue weighted by Gasteiger charge is -2.25. The minimum atomic E-state index is 0.433. The summed E-state index contributed by atoms with van der Waals surface area (Å²) in [5.41, 5.74) is 13.2. The summed E-state index contributed by atoms with van der Waals surface area (Å²) in [7, 11) is 1.77. The van der Waals surface area contributed by atoms with Crippen molar-refractivity contribution in [1.82, 2.24) is 4.98 Å². The molecule has 3 heteroatoms. The molecule has 0 radical (unpaired) electrons. The van der Waals surface area contributed by atoms with E-state index in [1.807, 2.05) is 43.0 Å². The monoisotopic (exact) mass is 575 g/mol. The lowest BCUT2D eigenvalue weighted by Crippen LogP contribution is -2.07. The highest BCUT2D eigenvalue weighted by atomic mass is 14.7. The van der Waals surface area contributed by atoms with Crippen LogP contribution in [0.15, 0.2) is 143 Å². The molecule has 1 unspecified atom stereocenters. The first kappa shape index (κ1) is 30.6.